The van der Waals surface area contributed by atoms with E-state index >= 15 is 0 Å². The molecule has 2 rings (SSSR count). The lowest BCUT2D eigenvalue weighted by Crippen LogP contribution is -2.30. The normalized spacial score (nSPS) is 19.1. The monoisotopic (exact) mass is 249 g/mol. The van der Waals surface area contributed by atoms with Gasteiger partial charge in [0.05, 0.1) is 6.04 Å². The van der Waals surface area contributed by atoms with Crippen molar-refractivity contribution in [2.24, 2.45) is 10.9 Å². The molecule has 96 valence electrons. The van der Waals surface area contributed by atoms with Crippen LogP contribution in [-0.4, -0.2) is 22.2 Å². The fraction of sp³-hybridized carbons (Fsp3) is 0.333. The van der Waals surface area contributed by atoms with Crippen LogP contribution in [0, 0.1) is 0 Å². The zero-order valence-electron chi connectivity index (χ0n) is 9.76. The van der Waals surface area contributed by atoms with Crippen molar-refractivity contribution in [3.63, 3.8) is 0 Å². The van der Waals surface area contributed by atoms with Gasteiger partial charge in [-0.3, -0.25) is 0 Å². The average molecular weight is 249 g/mol. The van der Waals surface area contributed by atoms with Crippen molar-refractivity contribution in [1.29, 1.82) is 0 Å². The summed E-state index contributed by atoms with van der Waals surface area (Å²) in [5, 5.41) is 23.1. The smallest absolute Gasteiger partial charge is 0.405 e. The van der Waals surface area contributed by atoms with Gasteiger partial charge in [-0.15, -0.1) is 0 Å². The second-order valence-corrected chi connectivity index (χ2v) is 4.25. The van der Waals surface area contributed by atoms with E-state index in [-0.39, 0.29) is 11.9 Å². The summed E-state index contributed by atoms with van der Waals surface area (Å²) in [4.78, 5) is 10.8. The van der Waals surface area contributed by atoms with Crippen molar-refractivity contribution >= 4 is 11.9 Å². The third-order valence-electron chi connectivity index (χ3n) is 3.19. The van der Waals surface area contributed by atoms with Crippen LogP contribution in [-0.2, 0) is 6.42 Å². The zero-order valence-corrected chi connectivity index (χ0v) is 9.76. The number of nitrogens with zero attached hydrogens (tertiary/aromatic N) is 1. The largest absolute Gasteiger partial charge is 0.465 e. The Bertz CT molecular complexity index is 499. The maximum atomic E-state index is 10.8. The number of benzene rings is 1. The number of carbonyl (C=O) groups is 1. The van der Waals surface area contributed by atoms with Crippen LogP contribution < -0.4 is 11.1 Å². The van der Waals surface area contributed by atoms with Gasteiger partial charge in [-0.2, -0.15) is 0 Å². The van der Waals surface area contributed by atoms with Gasteiger partial charge >= 0.3 is 6.09 Å². The van der Waals surface area contributed by atoms with Crippen LogP contribution in [0.2, 0.25) is 0 Å². The lowest BCUT2D eigenvalue weighted by Gasteiger charge is -2.26. The molecule has 1 atom stereocenters. The molecule has 6 heteroatoms. The highest BCUT2D eigenvalue weighted by atomic mass is 16.4. The van der Waals surface area contributed by atoms with E-state index in [4.69, 9.17) is 16.0 Å². The minimum absolute atomic E-state index is 0.0582. The van der Waals surface area contributed by atoms with E-state index in [1.54, 1.807) is 12.1 Å². The third kappa shape index (κ3) is 2.22. The Kier molecular flexibility index (Phi) is 3.36. The fourth-order valence-corrected chi connectivity index (χ4v) is 2.44. The molecule has 1 aliphatic rings. The average Bonchev–Trinajstić information content (AvgIpc) is 2.37. The molecule has 0 aliphatic heterocycles. The van der Waals surface area contributed by atoms with Crippen molar-refractivity contribution in [2.45, 2.75) is 25.3 Å². The molecule has 18 heavy (non-hydrogen) atoms. The first-order chi connectivity index (χ1) is 8.63. The SMILES string of the molecule is N/C(=N\O)c1cccc2c1CCCC2NC(=O)O. The van der Waals surface area contributed by atoms with Crippen LogP contribution in [0.25, 0.3) is 0 Å². The number of hydrogen-bond acceptors (Lipinski definition) is 3. The molecule has 1 amide bonds. The van der Waals surface area contributed by atoms with E-state index in [1.807, 2.05) is 6.07 Å². The molecular weight excluding hydrogens is 234 g/mol. The van der Waals surface area contributed by atoms with E-state index in [1.165, 1.54) is 0 Å². The molecule has 1 aromatic rings. The predicted octanol–water partition coefficient (Wildman–Crippen LogP) is 1.43. The van der Waals surface area contributed by atoms with Gasteiger partial charge in [-0.1, -0.05) is 23.4 Å². The second-order valence-electron chi connectivity index (χ2n) is 4.25. The maximum Gasteiger partial charge on any atom is 0.405 e. The van der Waals surface area contributed by atoms with E-state index in [0.29, 0.717) is 5.56 Å². The molecule has 0 heterocycles. The second kappa shape index (κ2) is 4.95. The summed E-state index contributed by atoms with van der Waals surface area (Å²) < 4.78 is 0. The van der Waals surface area contributed by atoms with Gasteiger partial charge < -0.3 is 21.4 Å². The first-order valence-corrected chi connectivity index (χ1v) is 5.72. The molecule has 1 unspecified atom stereocenters. The molecule has 5 N–H and O–H groups in total. The van der Waals surface area contributed by atoms with Gasteiger partial charge in [-0.05, 0) is 30.4 Å². The number of nitrogens with two attached hydrogens (primary N) is 1. The minimum Gasteiger partial charge on any atom is -0.465 e. The van der Waals surface area contributed by atoms with E-state index in [0.717, 1.165) is 30.4 Å². The van der Waals surface area contributed by atoms with Crippen molar-refractivity contribution in [1.82, 2.24) is 5.32 Å². The number of fused-ring (bicyclic) bond motifs is 1. The Labute approximate surface area is 104 Å². The maximum absolute atomic E-state index is 10.8. The molecule has 1 aliphatic carbocycles. The fourth-order valence-electron chi connectivity index (χ4n) is 2.44. The highest BCUT2D eigenvalue weighted by molar-refractivity contribution is 5.98. The van der Waals surface area contributed by atoms with Gasteiger partial charge in [0.2, 0.25) is 0 Å². The van der Waals surface area contributed by atoms with E-state index in [9.17, 15) is 4.79 Å². The Balaban J connectivity index is 2.43. The molecule has 0 saturated carbocycles. The van der Waals surface area contributed by atoms with Crippen LogP contribution in [0.4, 0.5) is 4.79 Å². The van der Waals surface area contributed by atoms with Gasteiger partial charge in [-0.25, -0.2) is 4.79 Å². The Morgan fingerprint density at radius 1 is 1.50 bits per heavy atom. The molecule has 0 spiro atoms. The topological polar surface area (TPSA) is 108 Å². The first-order valence-electron chi connectivity index (χ1n) is 5.72. The number of oxime groups is 1. The number of amidine groups is 1. The van der Waals surface area contributed by atoms with Crippen molar-refractivity contribution in [3.8, 4) is 0 Å². The molecule has 0 fully saturated rings. The van der Waals surface area contributed by atoms with Gasteiger partial charge in [0, 0.05) is 5.56 Å². The highest BCUT2D eigenvalue weighted by Crippen LogP contribution is 2.31. The Hall–Kier alpha value is -2.24. The molecule has 0 bridgehead atoms. The Morgan fingerprint density at radius 3 is 2.94 bits per heavy atom. The van der Waals surface area contributed by atoms with Crippen LogP contribution in [0.1, 0.15) is 35.6 Å². The standard InChI is InChI=1S/C12H15N3O3/c13-11(15-18)9-5-1-4-8-7(9)3-2-6-10(8)14-12(16)17/h1,4-5,10,14,18H,2-3,6H2,(H2,13,15)(H,16,17). The summed E-state index contributed by atoms with van der Waals surface area (Å²) in [6, 6.07) is 5.21. The quantitative estimate of drug-likeness (QED) is 0.275. The summed E-state index contributed by atoms with van der Waals surface area (Å²) >= 11 is 0. The van der Waals surface area contributed by atoms with Crippen LogP contribution in [0.3, 0.4) is 0 Å². The van der Waals surface area contributed by atoms with Crippen LogP contribution in [0.5, 0.6) is 0 Å². The predicted molar refractivity (Wildman–Crippen MR) is 65.8 cm³/mol. The molecule has 0 aromatic heterocycles. The van der Waals surface area contributed by atoms with Gasteiger partial charge in [0.25, 0.3) is 0 Å². The number of rotatable bonds is 2. The summed E-state index contributed by atoms with van der Waals surface area (Å²) in [5.41, 5.74) is 8.17. The number of nitrogens with one attached hydrogen (secondary N) is 1. The first kappa shape index (κ1) is 12.2. The zero-order chi connectivity index (χ0) is 13.1. The Morgan fingerprint density at radius 2 is 2.28 bits per heavy atom. The molecule has 6 nitrogen and oxygen atoms in total. The van der Waals surface area contributed by atoms with Crippen molar-refractivity contribution in [3.05, 3.63) is 34.9 Å². The summed E-state index contributed by atoms with van der Waals surface area (Å²) in [6.07, 6.45) is 1.40. The highest BCUT2D eigenvalue weighted by Gasteiger charge is 2.24. The molecule has 0 saturated heterocycles. The van der Waals surface area contributed by atoms with Gasteiger partial charge in [0.1, 0.15) is 0 Å². The van der Waals surface area contributed by atoms with Crippen LogP contribution >= 0.6 is 0 Å². The van der Waals surface area contributed by atoms with Gasteiger partial charge in [0.15, 0.2) is 5.84 Å². The molecule has 0 radical (unpaired) electrons. The number of hydrogen-bond donors (Lipinski definition) is 4. The van der Waals surface area contributed by atoms with E-state index in [2.05, 4.69) is 10.5 Å². The summed E-state index contributed by atoms with van der Waals surface area (Å²) in [5.74, 6) is 0.0582. The molecule has 1 aromatic carbocycles. The lowest BCUT2D eigenvalue weighted by atomic mass is 9.84. The van der Waals surface area contributed by atoms with E-state index < -0.39 is 6.09 Å². The number of carboxylic acid groups (broad SMARTS) is 1. The molecular formula is C12H15N3O3. The summed E-state index contributed by atoms with van der Waals surface area (Å²) in [6.45, 7) is 0. The lowest BCUT2D eigenvalue weighted by molar-refractivity contribution is 0.188. The minimum atomic E-state index is -1.04. The van der Waals surface area contributed by atoms with Crippen LogP contribution in [0.15, 0.2) is 23.4 Å². The van der Waals surface area contributed by atoms with Crippen molar-refractivity contribution in [2.75, 3.05) is 0 Å². The number of amides is 1. The third-order valence-corrected chi connectivity index (χ3v) is 3.19. The summed E-state index contributed by atoms with van der Waals surface area (Å²) in [7, 11) is 0. The van der Waals surface area contributed by atoms with Crippen molar-refractivity contribution < 1.29 is 15.1 Å².